The number of carbonyl (C=O) groups is 2. The Morgan fingerprint density at radius 1 is 1.10 bits per heavy atom. The second kappa shape index (κ2) is 6.02. The highest BCUT2D eigenvalue weighted by molar-refractivity contribution is 6.30. The molecular weight excluding hydrogens is 254 g/mol. The van der Waals surface area contributed by atoms with Gasteiger partial charge in [-0.05, 0) is 17.7 Å². The Bertz CT molecular complexity index is 653. The number of ketones is 1. The van der Waals surface area contributed by atoms with E-state index in [-0.39, 0.29) is 5.78 Å². The number of rotatable bonds is 4. The van der Waals surface area contributed by atoms with Crippen LogP contribution in [-0.2, 0) is 16.6 Å². The molecule has 102 valence electrons. The Morgan fingerprint density at radius 3 is 2.35 bits per heavy atom. The van der Waals surface area contributed by atoms with Crippen molar-refractivity contribution in [1.29, 1.82) is 0 Å². The SMILES string of the molecule is COC(=O)/C=C(/C(=O)c1cccn1C)c1ccccc1. The van der Waals surface area contributed by atoms with Gasteiger partial charge in [0, 0.05) is 24.9 Å². The van der Waals surface area contributed by atoms with E-state index in [2.05, 4.69) is 4.74 Å². The third kappa shape index (κ3) is 2.85. The highest BCUT2D eigenvalue weighted by Gasteiger charge is 2.18. The molecule has 4 nitrogen and oxygen atoms in total. The molecular formula is C16H15NO3. The maximum atomic E-state index is 12.6. The molecule has 1 aromatic carbocycles. The second-order valence-corrected chi connectivity index (χ2v) is 4.28. The summed E-state index contributed by atoms with van der Waals surface area (Å²) >= 11 is 0. The third-order valence-corrected chi connectivity index (χ3v) is 2.97. The zero-order valence-electron chi connectivity index (χ0n) is 11.4. The quantitative estimate of drug-likeness (QED) is 0.486. The molecule has 0 amide bonds. The molecule has 20 heavy (non-hydrogen) atoms. The molecule has 0 N–H and O–H groups in total. The lowest BCUT2D eigenvalue weighted by atomic mass is 9.99. The van der Waals surface area contributed by atoms with Crippen molar-refractivity contribution >= 4 is 17.3 Å². The van der Waals surface area contributed by atoms with Crippen molar-refractivity contribution in [2.45, 2.75) is 0 Å². The van der Waals surface area contributed by atoms with Crippen molar-refractivity contribution in [2.24, 2.45) is 7.05 Å². The van der Waals surface area contributed by atoms with Crippen LogP contribution in [0.3, 0.4) is 0 Å². The summed E-state index contributed by atoms with van der Waals surface area (Å²) in [5.41, 5.74) is 1.52. The number of ether oxygens (including phenoxy) is 1. The maximum Gasteiger partial charge on any atom is 0.331 e. The fraction of sp³-hybridized carbons (Fsp3) is 0.125. The van der Waals surface area contributed by atoms with E-state index in [0.717, 1.165) is 0 Å². The Hall–Kier alpha value is -2.62. The fourth-order valence-corrected chi connectivity index (χ4v) is 1.91. The molecule has 0 saturated carbocycles. The number of benzene rings is 1. The summed E-state index contributed by atoms with van der Waals surface area (Å²) in [6.07, 6.45) is 3.01. The minimum Gasteiger partial charge on any atom is -0.466 e. The number of Topliss-reactive ketones (excluding diaryl/α,β-unsaturated/α-hetero) is 1. The fourth-order valence-electron chi connectivity index (χ4n) is 1.91. The summed E-state index contributed by atoms with van der Waals surface area (Å²) in [6, 6.07) is 12.6. The van der Waals surface area contributed by atoms with E-state index in [9.17, 15) is 9.59 Å². The summed E-state index contributed by atoms with van der Waals surface area (Å²) in [5, 5.41) is 0. The Balaban J connectivity index is 2.48. The normalized spacial score (nSPS) is 11.2. The lowest BCUT2D eigenvalue weighted by Gasteiger charge is -2.08. The molecule has 0 atom stereocenters. The molecule has 2 rings (SSSR count). The van der Waals surface area contributed by atoms with Gasteiger partial charge in [-0.1, -0.05) is 30.3 Å². The number of hydrogen-bond donors (Lipinski definition) is 0. The summed E-state index contributed by atoms with van der Waals surface area (Å²) in [7, 11) is 3.07. The van der Waals surface area contributed by atoms with Crippen molar-refractivity contribution < 1.29 is 14.3 Å². The standard InChI is InChI=1S/C16H15NO3/c1-17-10-6-9-14(17)16(19)13(11-15(18)20-2)12-7-4-3-5-8-12/h3-11H,1-2H3/b13-11+. The number of carbonyl (C=O) groups excluding carboxylic acids is 2. The Kier molecular flexibility index (Phi) is 4.15. The van der Waals surface area contributed by atoms with Gasteiger partial charge in [-0.25, -0.2) is 4.79 Å². The van der Waals surface area contributed by atoms with Crippen LogP contribution in [0.1, 0.15) is 16.1 Å². The molecule has 1 heterocycles. The molecule has 0 radical (unpaired) electrons. The van der Waals surface area contributed by atoms with Crippen LogP contribution >= 0.6 is 0 Å². The number of esters is 1. The summed E-state index contributed by atoms with van der Waals surface area (Å²) in [5.74, 6) is -0.763. The zero-order chi connectivity index (χ0) is 14.5. The molecule has 1 aromatic heterocycles. The van der Waals surface area contributed by atoms with Gasteiger partial charge in [-0.15, -0.1) is 0 Å². The van der Waals surface area contributed by atoms with Gasteiger partial charge >= 0.3 is 5.97 Å². The minimum absolute atomic E-state index is 0.214. The van der Waals surface area contributed by atoms with Gasteiger partial charge in [0.2, 0.25) is 5.78 Å². The smallest absolute Gasteiger partial charge is 0.331 e. The molecule has 0 bridgehead atoms. The second-order valence-electron chi connectivity index (χ2n) is 4.28. The van der Waals surface area contributed by atoms with Crippen LogP contribution in [0, 0.1) is 0 Å². The largest absolute Gasteiger partial charge is 0.466 e. The summed E-state index contributed by atoms with van der Waals surface area (Å²) in [6.45, 7) is 0. The molecule has 0 fully saturated rings. The van der Waals surface area contributed by atoms with Crippen LogP contribution in [-0.4, -0.2) is 23.4 Å². The van der Waals surface area contributed by atoms with E-state index in [1.165, 1.54) is 13.2 Å². The molecule has 0 aliphatic carbocycles. The minimum atomic E-state index is -0.550. The average Bonchev–Trinajstić information content (AvgIpc) is 2.91. The van der Waals surface area contributed by atoms with Crippen LogP contribution in [0.5, 0.6) is 0 Å². The Morgan fingerprint density at radius 2 is 1.80 bits per heavy atom. The van der Waals surface area contributed by atoms with Crippen LogP contribution in [0.15, 0.2) is 54.7 Å². The van der Waals surface area contributed by atoms with Crippen molar-refractivity contribution in [2.75, 3.05) is 7.11 Å². The molecule has 0 aliphatic heterocycles. The van der Waals surface area contributed by atoms with Crippen molar-refractivity contribution in [3.05, 3.63) is 66.0 Å². The van der Waals surface area contributed by atoms with Crippen LogP contribution in [0.2, 0.25) is 0 Å². The first-order valence-electron chi connectivity index (χ1n) is 6.14. The topological polar surface area (TPSA) is 48.3 Å². The van der Waals surface area contributed by atoms with E-state index in [4.69, 9.17) is 0 Å². The van der Waals surface area contributed by atoms with E-state index in [0.29, 0.717) is 16.8 Å². The van der Waals surface area contributed by atoms with Gasteiger partial charge in [0.25, 0.3) is 0 Å². The van der Waals surface area contributed by atoms with Gasteiger partial charge in [0.15, 0.2) is 0 Å². The maximum absolute atomic E-state index is 12.6. The molecule has 0 saturated heterocycles. The van der Waals surface area contributed by atoms with Crippen LogP contribution in [0.4, 0.5) is 0 Å². The first kappa shape index (κ1) is 13.8. The number of hydrogen-bond acceptors (Lipinski definition) is 3. The van der Waals surface area contributed by atoms with Crippen molar-refractivity contribution in [1.82, 2.24) is 4.57 Å². The molecule has 0 aliphatic rings. The van der Waals surface area contributed by atoms with Crippen LogP contribution in [0.25, 0.3) is 5.57 Å². The van der Waals surface area contributed by atoms with Gasteiger partial charge < -0.3 is 9.30 Å². The summed E-state index contributed by atoms with van der Waals surface area (Å²) in [4.78, 5) is 24.1. The van der Waals surface area contributed by atoms with E-state index >= 15 is 0 Å². The molecule has 0 unspecified atom stereocenters. The summed E-state index contributed by atoms with van der Waals surface area (Å²) < 4.78 is 6.34. The lowest BCUT2D eigenvalue weighted by Crippen LogP contribution is -2.10. The molecule has 4 heteroatoms. The van der Waals surface area contributed by atoms with E-state index in [1.807, 2.05) is 18.2 Å². The first-order valence-corrected chi connectivity index (χ1v) is 6.14. The van der Waals surface area contributed by atoms with Gasteiger partial charge in [-0.3, -0.25) is 4.79 Å². The van der Waals surface area contributed by atoms with E-state index in [1.54, 1.807) is 42.1 Å². The monoisotopic (exact) mass is 269 g/mol. The number of aromatic nitrogens is 1. The van der Waals surface area contributed by atoms with Gasteiger partial charge in [0.05, 0.1) is 12.8 Å². The molecule has 2 aromatic rings. The van der Waals surface area contributed by atoms with Crippen molar-refractivity contribution in [3.8, 4) is 0 Å². The number of nitrogens with zero attached hydrogens (tertiary/aromatic N) is 1. The number of allylic oxidation sites excluding steroid dienone is 1. The van der Waals surface area contributed by atoms with Crippen LogP contribution < -0.4 is 0 Å². The number of methoxy groups -OCH3 is 1. The molecule has 0 spiro atoms. The lowest BCUT2D eigenvalue weighted by molar-refractivity contribution is -0.134. The van der Waals surface area contributed by atoms with Crippen molar-refractivity contribution in [3.63, 3.8) is 0 Å². The average molecular weight is 269 g/mol. The highest BCUT2D eigenvalue weighted by Crippen LogP contribution is 2.20. The van der Waals surface area contributed by atoms with Gasteiger partial charge in [0.1, 0.15) is 0 Å². The predicted octanol–water partition coefficient (Wildman–Crippen LogP) is 2.46. The number of aryl methyl sites for hydroxylation is 1. The first-order chi connectivity index (χ1) is 9.63. The van der Waals surface area contributed by atoms with Gasteiger partial charge in [-0.2, -0.15) is 0 Å². The van der Waals surface area contributed by atoms with E-state index < -0.39 is 5.97 Å². The highest BCUT2D eigenvalue weighted by atomic mass is 16.5. The Labute approximate surface area is 117 Å². The third-order valence-electron chi connectivity index (χ3n) is 2.97. The predicted molar refractivity (Wildman–Crippen MR) is 76.2 cm³/mol. The zero-order valence-corrected chi connectivity index (χ0v) is 11.4.